The van der Waals surface area contributed by atoms with E-state index in [4.69, 9.17) is 4.74 Å². The van der Waals surface area contributed by atoms with Crippen molar-refractivity contribution in [2.75, 3.05) is 0 Å². The summed E-state index contributed by atoms with van der Waals surface area (Å²) >= 11 is 0. The summed E-state index contributed by atoms with van der Waals surface area (Å²) in [6, 6.07) is 10.4. The van der Waals surface area contributed by atoms with Crippen LogP contribution in [0.15, 0.2) is 42.0 Å². The number of hydrogen-bond acceptors (Lipinski definition) is 1. The highest BCUT2D eigenvalue weighted by Crippen LogP contribution is 2.34. The van der Waals surface area contributed by atoms with Crippen LogP contribution in [0.2, 0.25) is 0 Å². The Morgan fingerprint density at radius 1 is 1.24 bits per heavy atom. The summed E-state index contributed by atoms with van der Waals surface area (Å²) in [7, 11) is 0. The van der Waals surface area contributed by atoms with Gasteiger partial charge in [0.25, 0.3) is 0 Å². The van der Waals surface area contributed by atoms with E-state index in [1.807, 2.05) is 6.07 Å². The molecule has 0 radical (unpaired) electrons. The molecule has 17 heavy (non-hydrogen) atoms. The first kappa shape index (κ1) is 12.4. The van der Waals surface area contributed by atoms with Crippen LogP contribution in [0.4, 0.5) is 0 Å². The summed E-state index contributed by atoms with van der Waals surface area (Å²) in [6.07, 6.45) is 4.96. The second-order valence-electron chi connectivity index (χ2n) is 5.81. The zero-order valence-corrected chi connectivity index (χ0v) is 11.1. The van der Waals surface area contributed by atoms with E-state index in [2.05, 4.69) is 51.1 Å². The molecule has 0 heterocycles. The van der Waals surface area contributed by atoms with Crippen molar-refractivity contribution >= 4 is 0 Å². The van der Waals surface area contributed by atoms with Gasteiger partial charge in [0.05, 0.1) is 12.7 Å². The zero-order chi connectivity index (χ0) is 12.3. The highest BCUT2D eigenvalue weighted by atomic mass is 16.5. The van der Waals surface area contributed by atoms with E-state index in [1.165, 1.54) is 11.1 Å². The molecule has 1 aromatic carbocycles. The lowest BCUT2D eigenvalue weighted by Gasteiger charge is -2.33. The molecule has 1 atom stereocenters. The van der Waals surface area contributed by atoms with Gasteiger partial charge in [0, 0.05) is 0 Å². The summed E-state index contributed by atoms with van der Waals surface area (Å²) < 4.78 is 6.03. The molecule has 1 aliphatic carbocycles. The molecule has 0 unspecified atom stereocenters. The number of hydrogen-bond donors (Lipinski definition) is 0. The Bertz CT molecular complexity index is 389. The monoisotopic (exact) mass is 230 g/mol. The Balaban J connectivity index is 1.91. The molecule has 2 rings (SSSR count). The van der Waals surface area contributed by atoms with Gasteiger partial charge in [-0.2, -0.15) is 0 Å². The molecule has 0 amide bonds. The molecule has 0 aromatic heterocycles. The number of allylic oxidation sites excluding steroid dienone is 1. The van der Waals surface area contributed by atoms with Gasteiger partial charge in [-0.05, 0) is 30.7 Å². The third kappa shape index (κ3) is 3.71. The smallest absolute Gasteiger partial charge is 0.0720 e. The molecule has 0 saturated carbocycles. The highest BCUT2D eigenvalue weighted by Gasteiger charge is 2.26. The summed E-state index contributed by atoms with van der Waals surface area (Å²) in [5, 5.41) is 0. The normalized spacial score (nSPS) is 23.2. The molecule has 1 aliphatic rings. The van der Waals surface area contributed by atoms with Crippen molar-refractivity contribution in [2.45, 2.75) is 46.3 Å². The third-order valence-electron chi connectivity index (χ3n) is 3.27. The zero-order valence-electron chi connectivity index (χ0n) is 11.1. The molecule has 1 heteroatoms. The van der Waals surface area contributed by atoms with E-state index < -0.39 is 0 Å². The maximum Gasteiger partial charge on any atom is 0.0720 e. The fraction of sp³-hybridized carbons (Fsp3) is 0.500. The van der Waals surface area contributed by atoms with Crippen LogP contribution in [-0.2, 0) is 11.3 Å². The van der Waals surface area contributed by atoms with E-state index in [9.17, 15) is 0 Å². The van der Waals surface area contributed by atoms with E-state index in [0.717, 1.165) is 19.4 Å². The Kier molecular flexibility index (Phi) is 3.68. The average molecular weight is 230 g/mol. The van der Waals surface area contributed by atoms with Crippen molar-refractivity contribution < 1.29 is 4.74 Å². The molecule has 0 fully saturated rings. The highest BCUT2D eigenvalue weighted by molar-refractivity contribution is 5.14. The Morgan fingerprint density at radius 3 is 2.59 bits per heavy atom. The average Bonchev–Trinajstić information content (AvgIpc) is 2.25. The SMILES string of the molecule is CC1=CC(C)(C)C[C@H](OCc2ccccc2)C1. The molecule has 0 bridgehead atoms. The minimum absolute atomic E-state index is 0.281. The maximum atomic E-state index is 6.03. The molecule has 0 N–H and O–H groups in total. The summed E-state index contributed by atoms with van der Waals surface area (Å²) in [6.45, 7) is 7.51. The Hall–Kier alpha value is -1.08. The molecule has 1 nitrogen and oxygen atoms in total. The summed E-state index contributed by atoms with van der Waals surface area (Å²) in [4.78, 5) is 0. The fourth-order valence-corrected chi connectivity index (χ4v) is 2.71. The van der Waals surface area contributed by atoms with Gasteiger partial charge in [-0.1, -0.05) is 55.8 Å². The van der Waals surface area contributed by atoms with Crippen LogP contribution in [0.25, 0.3) is 0 Å². The molecular formula is C16H22O. The van der Waals surface area contributed by atoms with Crippen LogP contribution in [-0.4, -0.2) is 6.10 Å². The predicted octanol–water partition coefficient (Wildman–Crippen LogP) is 4.34. The Labute approximate surface area is 104 Å². The van der Waals surface area contributed by atoms with E-state index in [0.29, 0.717) is 6.10 Å². The van der Waals surface area contributed by atoms with Crippen molar-refractivity contribution in [2.24, 2.45) is 5.41 Å². The van der Waals surface area contributed by atoms with Crippen molar-refractivity contribution in [1.29, 1.82) is 0 Å². The Morgan fingerprint density at radius 2 is 1.94 bits per heavy atom. The lowest BCUT2D eigenvalue weighted by Crippen LogP contribution is -2.26. The standard InChI is InChI=1S/C16H22O/c1-13-9-15(11-16(2,3)10-13)17-12-14-7-5-4-6-8-14/h4-8,10,15H,9,11-12H2,1-3H3/t15-/m1/s1. The third-order valence-corrected chi connectivity index (χ3v) is 3.27. The minimum atomic E-state index is 0.281. The molecule has 0 saturated heterocycles. The first-order valence-electron chi connectivity index (χ1n) is 6.39. The first-order valence-corrected chi connectivity index (χ1v) is 6.39. The second kappa shape index (κ2) is 5.05. The van der Waals surface area contributed by atoms with E-state index in [1.54, 1.807) is 0 Å². The predicted molar refractivity (Wildman–Crippen MR) is 71.8 cm³/mol. The van der Waals surface area contributed by atoms with Crippen molar-refractivity contribution in [3.63, 3.8) is 0 Å². The number of benzene rings is 1. The van der Waals surface area contributed by atoms with Gasteiger partial charge < -0.3 is 4.74 Å². The van der Waals surface area contributed by atoms with Gasteiger partial charge in [-0.15, -0.1) is 0 Å². The van der Waals surface area contributed by atoms with Crippen molar-refractivity contribution in [3.05, 3.63) is 47.5 Å². The van der Waals surface area contributed by atoms with Gasteiger partial charge in [0.1, 0.15) is 0 Å². The van der Waals surface area contributed by atoms with Gasteiger partial charge in [-0.3, -0.25) is 0 Å². The second-order valence-corrected chi connectivity index (χ2v) is 5.81. The molecule has 1 aromatic rings. The fourth-order valence-electron chi connectivity index (χ4n) is 2.71. The quantitative estimate of drug-likeness (QED) is 0.702. The summed E-state index contributed by atoms with van der Waals surface area (Å²) in [5.74, 6) is 0. The maximum absolute atomic E-state index is 6.03. The van der Waals surface area contributed by atoms with Gasteiger partial charge >= 0.3 is 0 Å². The molecular weight excluding hydrogens is 208 g/mol. The molecule has 92 valence electrons. The molecule has 0 aliphatic heterocycles. The van der Waals surface area contributed by atoms with Crippen LogP contribution >= 0.6 is 0 Å². The first-order chi connectivity index (χ1) is 8.05. The van der Waals surface area contributed by atoms with Crippen LogP contribution < -0.4 is 0 Å². The van der Waals surface area contributed by atoms with Crippen molar-refractivity contribution in [1.82, 2.24) is 0 Å². The van der Waals surface area contributed by atoms with E-state index in [-0.39, 0.29) is 5.41 Å². The van der Waals surface area contributed by atoms with Gasteiger partial charge in [0.15, 0.2) is 0 Å². The minimum Gasteiger partial charge on any atom is -0.373 e. The van der Waals surface area contributed by atoms with Crippen LogP contribution in [0.1, 0.15) is 39.2 Å². The summed E-state index contributed by atoms with van der Waals surface area (Å²) in [5.41, 5.74) is 3.00. The van der Waals surface area contributed by atoms with Gasteiger partial charge in [-0.25, -0.2) is 0 Å². The van der Waals surface area contributed by atoms with Crippen LogP contribution in [0.3, 0.4) is 0 Å². The van der Waals surface area contributed by atoms with Crippen LogP contribution in [0.5, 0.6) is 0 Å². The van der Waals surface area contributed by atoms with E-state index >= 15 is 0 Å². The van der Waals surface area contributed by atoms with Gasteiger partial charge in [0.2, 0.25) is 0 Å². The number of rotatable bonds is 3. The van der Waals surface area contributed by atoms with Crippen molar-refractivity contribution in [3.8, 4) is 0 Å². The largest absolute Gasteiger partial charge is 0.373 e. The lowest BCUT2D eigenvalue weighted by molar-refractivity contribution is 0.0136. The number of ether oxygens (including phenoxy) is 1. The lowest BCUT2D eigenvalue weighted by atomic mass is 9.78. The molecule has 0 spiro atoms. The topological polar surface area (TPSA) is 9.23 Å². The van der Waals surface area contributed by atoms with Crippen LogP contribution in [0, 0.1) is 5.41 Å².